The second kappa shape index (κ2) is 6.69. The summed E-state index contributed by atoms with van der Waals surface area (Å²) in [5.74, 6) is -1.21. The van der Waals surface area contributed by atoms with Crippen molar-refractivity contribution in [3.63, 3.8) is 0 Å². The van der Waals surface area contributed by atoms with Crippen molar-refractivity contribution in [3.05, 3.63) is 27.7 Å². The van der Waals surface area contributed by atoms with E-state index in [1.807, 2.05) is 0 Å². The van der Waals surface area contributed by atoms with Gasteiger partial charge in [-0.1, -0.05) is 34.5 Å². The molecule has 0 aliphatic heterocycles. The topological polar surface area (TPSA) is 74.7 Å². The van der Waals surface area contributed by atoms with E-state index in [2.05, 4.69) is 15.9 Å². The summed E-state index contributed by atoms with van der Waals surface area (Å²) in [6.45, 7) is 1.31. The lowest BCUT2D eigenvalue weighted by atomic mass is 10.4. The van der Waals surface area contributed by atoms with Gasteiger partial charge < -0.3 is 5.11 Å². The predicted octanol–water partition coefficient (Wildman–Crippen LogP) is 2.59. The number of hydrogen-bond donors (Lipinski definition) is 1. The number of nitrogens with zero attached hydrogens (tertiary/aromatic N) is 1. The van der Waals surface area contributed by atoms with Crippen molar-refractivity contribution in [2.75, 3.05) is 13.1 Å². The molecule has 0 bridgehead atoms. The van der Waals surface area contributed by atoms with Gasteiger partial charge in [0.1, 0.15) is 11.4 Å². The van der Waals surface area contributed by atoms with E-state index in [1.54, 1.807) is 13.0 Å². The Morgan fingerprint density at radius 1 is 1.47 bits per heavy atom. The first-order chi connectivity index (χ1) is 8.78. The van der Waals surface area contributed by atoms with Crippen LogP contribution in [0.4, 0.5) is 0 Å². The lowest BCUT2D eigenvalue weighted by molar-refractivity contribution is -0.137. The average Bonchev–Trinajstić information content (AvgIpc) is 2.31. The first kappa shape index (κ1) is 16.4. The Morgan fingerprint density at radius 3 is 2.63 bits per heavy atom. The molecule has 0 aliphatic carbocycles. The van der Waals surface area contributed by atoms with Gasteiger partial charge in [-0.3, -0.25) is 4.79 Å². The van der Waals surface area contributed by atoms with E-state index in [0.29, 0.717) is 10.9 Å². The third-order valence-electron chi connectivity index (χ3n) is 2.30. The molecule has 0 unspecified atom stereocenters. The van der Waals surface area contributed by atoms with Crippen molar-refractivity contribution in [2.45, 2.75) is 18.2 Å². The van der Waals surface area contributed by atoms with Gasteiger partial charge in [0.25, 0.3) is 0 Å². The number of aliphatic carboxylic acids is 1. The summed E-state index contributed by atoms with van der Waals surface area (Å²) in [5, 5.41) is 8.86. The van der Waals surface area contributed by atoms with Gasteiger partial charge >= 0.3 is 5.97 Å². The number of rotatable bonds is 6. The number of hydrogen-bond acceptors (Lipinski definition) is 3. The molecule has 0 atom stereocenters. The lowest BCUT2D eigenvalue weighted by Gasteiger charge is -2.20. The SMILES string of the molecule is CCCN(CC(=O)O)S(=O)(=O)c1cc(Br)ccc1Cl. The Balaban J connectivity index is 3.25. The Labute approximate surface area is 125 Å². The first-order valence-electron chi connectivity index (χ1n) is 5.46. The molecule has 0 amide bonds. The highest BCUT2D eigenvalue weighted by Crippen LogP contribution is 2.27. The summed E-state index contributed by atoms with van der Waals surface area (Å²) in [4.78, 5) is 10.7. The maximum Gasteiger partial charge on any atom is 0.318 e. The van der Waals surface area contributed by atoms with Gasteiger partial charge in [-0.05, 0) is 24.6 Å². The summed E-state index contributed by atoms with van der Waals surface area (Å²) in [7, 11) is -3.92. The van der Waals surface area contributed by atoms with Crippen LogP contribution in [-0.2, 0) is 14.8 Å². The van der Waals surface area contributed by atoms with Crippen LogP contribution in [0, 0.1) is 0 Å². The molecule has 0 fully saturated rings. The number of sulfonamides is 1. The number of halogens is 2. The van der Waals surface area contributed by atoms with Crippen LogP contribution in [0.3, 0.4) is 0 Å². The fourth-order valence-electron chi connectivity index (χ4n) is 1.50. The Morgan fingerprint density at radius 2 is 2.11 bits per heavy atom. The Kier molecular flexibility index (Phi) is 5.79. The number of carboxylic acids is 1. The van der Waals surface area contributed by atoms with Gasteiger partial charge in [-0.2, -0.15) is 4.31 Å². The van der Waals surface area contributed by atoms with Crippen LogP contribution < -0.4 is 0 Å². The summed E-state index contributed by atoms with van der Waals surface area (Å²) in [6.07, 6.45) is 0.512. The molecular formula is C11H13BrClNO4S. The molecule has 0 radical (unpaired) electrons. The quantitative estimate of drug-likeness (QED) is 0.835. The van der Waals surface area contributed by atoms with Crippen molar-refractivity contribution in [3.8, 4) is 0 Å². The van der Waals surface area contributed by atoms with E-state index < -0.39 is 22.5 Å². The van der Waals surface area contributed by atoms with E-state index in [1.165, 1.54) is 12.1 Å². The number of carbonyl (C=O) groups is 1. The zero-order chi connectivity index (χ0) is 14.6. The minimum Gasteiger partial charge on any atom is -0.480 e. The molecule has 106 valence electrons. The Bertz CT molecular complexity index is 576. The molecule has 19 heavy (non-hydrogen) atoms. The predicted molar refractivity (Wildman–Crippen MR) is 75.8 cm³/mol. The first-order valence-corrected chi connectivity index (χ1v) is 8.07. The monoisotopic (exact) mass is 369 g/mol. The van der Waals surface area contributed by atoms with E-state index >= 15 is 0 Å². The van der Waals surface area contributed by atoms with E-state index in [4.69, 9.17) is 16.7 Å². The molecule has 0 heterocycles. The minimum absolute atomic E-state index is 0.0645. The molecule has 1 aromatic rings. The highest BCUT2D eigenvalue weighted by Gasteiger charge is 2.28. The van der Waals surface area contributed by atoms with Gasteiger partial charge in [0.15, 0.2) is 0 Å². The summed E-state index contributed by atoms with van der Waals surface area (Å²) >= 11 is 9.06. The van der Waals surface area contributed by atoms with Gasteiger partial charge in [-0.25, -0.2) is 8.42 Å². The van der Waals surface area contributed by atoms with Crippen LogP contribution in [-0.4, -0.2) is 36.9 Å². The molecule has 8 heteroatoms. The van der Waals surface area contributed by atoms with Gasteiger partial charge in [0.05, 0.1) is 5.02 Å². The molecule has 0 saturated heterocycles. The zero-order valence-electron chi connectivity index (χ0n) is 10.1. The molecular weight excluding hydrogens is 358 g/mol. The maximum absolute atomic E-state index is 12.4. The standard InChI is InChI=1S/C11H13BrClNO4S/c1-2-5-14(7-11(15)16)19(17,18)10-6-8(12)3-4-9(10)13/h3-4,6H,2,5,7H2,1H3,(H,15,16). The van der Waals surface area contributed by atoms with E-state index in [9.17, 15) is 13.2 Å². The van der Waals surface area contributed by atoms with Crippen LogP contribution in [0.5, 0.6) is 0 Å². The normalized spacial score (nSPS) is 11.8. The second-order valence-electron chi connectivity index (χ2n) is 3.81. The lowest BCUT2D eigenvalue weighted by Crippen LogP contribution is -2.36. The van der Waals surface area contributed by atoms with Crippen LogP contribution in [0.2, 0.25) is 5.02 Å². The molecule has 1 rings (SSSR count). The van der Waals surface area contributed by atoms with Crippen molar-refractivity contribution >= 4 is 43.5 Å². The van der Waals surface area contributed by atoms with Crippen molar-refractivity contribution in [1.29, 1.82) is 0 Å². The number of benzene rings is 1. The van der Waals surface area contributed by atoms with Gasteiger partial charge in [0.2, 0.25) is 10.0 Å². The van der Waals surface area contributed by atoms with Crippen molar-refractivity contribution in [1.82, 2.24) is 4.31 Å². The largest absolute Gasteiger partial charge is 0.480 e. The molecule has 0 spiro atoms. The zero-order valence-corrected chi connectivity index (χ0v) is 13.3. The summed E-state index contributed by atoms with van der Waals surface area (Å²) in [6, 6.07) is 4.42. The van der Waals surface area contributed by atoms with Gasteiger partial charge in [-0.15, -0.1) is 0 Å². The van der Waals surface area contributed by atoms with Crippen molar-refractivity contribution < 1.29 is 18.3 Å². The summed E-state index contributed by atoms with van der Waals surface area (Å²) < 4.78 is 26.2. The third-order valence-corrected chi connectivity index (χ3v) is 5.12. The van der Waals surface area contributed by atoms with Crippen LogP contribution in [0.15, 0.2) is 27.6 Å². The highest BCUT2D eigenvalue weighted by atomic mass is 79.9. The third kappa shape index (κ3) is 4.17. The molecule has 0 aliphatic rings. The van der Waals surface area contributed by atoms with Crippen molar-refractivity contribution in [2.24, 2.45) is 0 Å². The van der Waals surface area contributed by atoms with Crippen LogP contribution in [0.25, 0.3) is 0 Å². The molecule has 0 saturated carbocycles. The fraction of sp³-hybridized carbons (Fsp3) is 0.364. The van der Waals surface area contributed by atoms with E-state index in [-0.39, 0.29) is 16.5 Å². The molecule has 0 aromatic heterocycles. The van der Waals surface area contributed by atoms with Gasteiger partial charge in [0, 0.05) is 11.0 Å². The Hall–Kier alpha value is -0.630. The molecule has 1 aromatic carbocycles. The van der Waals surface area contributed by atoms with E-state index in [0.717, 1.165) is 4.31 Å². The number of carboxylic acid groups (broad SMARTS) is 1. The molecule has 1 N–H and O–H groups in total. The minimum atomic E-state index is -3.92. The van der Waals surface area contributed by atoms with Crippen LogP contribution in [0.1, 0.15) is 13.3 Å². The van der Waals surface area contributed by atoms with Crippen LogP contribution >= 0.6 is 27.5 Å². The fourth-order valence-corrected chi connectivity index (χ4v) is 3.99. The average molecular weight is 371 g/mol. The summed E-state index contributed by atoms with van der Waals surface area (Å²) in [5.41, 5.74) is 0. The maximum atomic E-state index is 12.4. The molecule has 5 nitrogen and oxygen atoms in total. The highest BCUT2D eigenvalue weighted by molar-refractivity contribution is 9.10. The second-order valence-corrected chi connectivity index (χ2v) is 7.04. The smallest absolute Gasteiger partial charge is 0.318 e.